The molecule has 1 atom stereocenters. The van der Waals surface area contributed by atoms with E-state index in [1.807, 2.05) is 6.92 Å². The summed E-state index contributed by atoms with van der Waals surface area (Å²) in [4.78, 5) is 23.3. The predicted octanol–water partition coefficient (Wildman–Crippen LogP) is 3.30. The van der Waals surface area contributed by atoms with Gasteiger partial charge in [-0.2, -0.15) is 0 Å². The van der Waals surface area contributed by atoms with E-state index in [4.69, 9.17) is 23.2 Å². The molecule has 0 saturated heterocycles. The molecular formula is C14H17Cl2NO3. The molecule has 0 fully saturated rings. The Kier molecular flexibility index (Phi) is 5.84. The van der Waals surface area contributed by atoms with Crippen molar-refractivity contribution >= 4 is 35.1 Å². The molecule has 0 bridgehead atoms. The van der Waals surface area contributed by atoms with Crippen LogP contribution in [0.25, 0.3) is 0 Å². The molecule has 4 nitrogen and oxygen atoms in total. The first-order chi connectivity index (χ1) is 9.30. The molecule has 1 aromatic carbocycles. The molecule has 0 aromatic heterocycles. The number of aliphatic carboxylic acids is 1. The van der Waals surface area contributed by atoms with Gasteiger partial charge in [0.2, 0.25) is 5.91 Å². The summed E-state index contributed by atoms with van der Waals surface area (Å²) in [5.74, 6) is -1.48. The van der Waals surface area contributed by atoms with Crippen LogP contribution in [0, 0.1) is 0 Å². The van der Waals surface area contributed by atoms with Gasteiger partial charge in [-0.05, 0) is 31.0 Å². The van der Waals surface area contributed by atoms with Crippen LogP contribution in [0.2, 0.25) is 10.0 Å². The van der Waals surface area contributed by atoms with E-state index in [1.165, 1.54) is 6.92 Å². The monoisotopic (exact) mass is 317 g/mol. The molecule has 0 aliphatic heterocycles. The standard InChI is InChI=1S/C14H17Cl2NO3/c1-3-7-14(2,13(19)20)17-12(18)8-9-10(15)5-4-6-11(9)16/h4-6H,3,7-8H2,1-2H3,(H,17,18)(H,19,20). The van der Waals surface area contributed by atoms with E-state index in [0.717, 1.165) is 0 Å². The first-order valence-electron chi connectivity index (χ1n) is 6.27. The highest BCUT2D eigenvalue weighted by atomic mass is 35.5. The minimum atomic E-state index is -1.28. The summed E-state index contributed by atoms with van der Waals surface area (Å²) in [6.07, 6.45) is 0.950. The molecule has 1 unspecified atom stereocenters. The maximum absolute atomic E-state index is 12.0. The number of rotatable bonds is 6. The maximum Gasteiger partial charge on any atom is 0.329 e. The van der Waals surface area contributed by atoms with Crippen LogP contribution < -0.4 is 5.32 Å². The Labute approximate surface area is 128 Å². The fourth-order valence-corrected chi connectivity index (χ4v) is 2.47. The lowest BCUT2D eigenvalue weighted by atomic mass is 9.96. The van der Waals surface area contributed by atoms with E-state index in [2.05, 4.69) is 5.32 Å². The van der Waals surface area contributed by atoms with Crippen LogP contribution in [0.3, 0.4) is 0 Å². The number of carbonyl (C=O) groups excluding carboxylic acids is 1. The van der Waals surface area contributed by atoms with Crippen molar-refractivity contribution in [3.05, 3.63) is 33.8 Å². The van der Waals surface area contributed by atoms with Gasteiger partial charge in [-0.1, -0.05) is 42.6 Å². The first kappa shape index (κ1) is 16.8. The second-order valence-corrected chi connectivity index (χ2v) is 5.63. The van der Waals surface area contributed by atoms with Gasteiger partial charge >= 0.3 is 5.97 Å². The molecule has 0 radical (unpaired) electrons. The van der Waals surface area contributed by atoms with Gasteiger partial charge in [0.1, 0.15) is 5.54 Å². The van der Waals surface area contributed by atoms with Crippen molar-refractivity contribution in [3.8, 4) is 0 Å². The zero-order valence-corrected chi connectivity index (χ0v) is 12.9. The van der Waals surface area contributed by atoms with Crippen LogP contribution in [-0.2, 0) is 16.0 Å². The zero-order chi connectivity index (χ0) is 15.3. The fraction of sp³-hybridized carbons (Fsp3) is 0.429. The molecule has 0 aliphatic carbocycles. The summed E-state index contributed by atoms with van der Waals surface area (Å²) < 4.78 is 0. The lowest BCUT2D eigenvalue weighted by Crippen LogP contribution is -2.52. The highest BCUT2D eigenvalue weighted by Crippen LogP contribution is 2.25. The Morgan fingerprint density at radius 1 is 1.30 bits per heavy atom. The zero-order valence-electron chi connectivity index (χ0n) is 11.4. The SMILES string of the molecule is CCCC(C)(NC(=O)Cc1c(Cl)cccc1Cl)C(=O)O. The summed E-state index contributed by atoms with van der Waals surface area (Å²) >= 11 is 12.0. The quantitative estimate of drug-likeness (QED) is 0.846. The molecule has 0 spiro atoms. The number of amides is 1. The number of nitrogens with one attached hydrogen (secondary N) is 1. The predicted molar refractivity (Wildman–Crippen MR) is 79.3 cm³/mol. The first-order valence-corrected chi connectivity index (χ1v) is 7.03. The number of carboxylic acids is 1. The van der Waals surface area contributed by atoms with E-state index >= 15 is 0 Å². The molecule has 20 heavy (non-hydrogen) atoms. The Morgan fingerprint density at radius 3 is 2.30 bits per heavy atom. The van der Waals surface area contributed by atoms with Crippen LogP contribution in [0.15, 0.2) is 18.2 Å². The lowest BCUT2D eigenvalue weighted by molar-refractivity contribution is -0.147. The van der Waals surface area contributed by atoms with Gasteiger partial charge in [-0.15, -0.1) is 0 Å². The third-order valence-corrected chi connectivity index (χ3v) is 3.74. The van der Waals surface area contributed by atoms with Gasteiger partial charge in [0.05, 0.1) is 6.42 Å². The summed E-state index contributed by atoms with van der Waals surface area (Å²) in [5, 5.41) is 12.5. The third kappa shape index (κ3) is 4.12. The van der Waals surface area contributed by atoms with Crippen molar-refractivity contribution in [2.45, 2.75) is 38.6 Å². The molecule has 0 heterocycles. The molecule has 1 rings (SSSR count). The van der Waals surface area contributed by atoms with Crippen molar-refractivity contribution in [3.63, 3.8) is 0 Å². The summed E-state index contributed by atoms with van der Waals surface area (Å²) in [6.45, 7) is 3.35. The number of hydrogen-bond donors (Lipinski definition) is 2. The summed E-state index contributed by atoms with van der Waals surface area (Å²) in [7, 11) is 0. The molecular weight excluding hydrogens is 301 g/mol. The maximum atomic E-state index is 12.0. The van der Waals surface area contributed by atoms with E-state index in [0.29, 0.717) is 28.5 Å². The molecule has 1 amide bonds. The summed E-state index contributed by atoms with van der Waals surface area (Å²) in [5.41, 5.74) is -0.780. The van der Waals surface area contributed by atoms with E-state index in [-0.39, 0.29) is 6.42 Å². The highest BCUT2D eigenvalue weighted by Gasteiger charge is 2.33. The Bertz CT molecular complexity index is 499. The molecule has 0 saturated carbocycles. The average molecular weight is 318 g/mol. The van der Waals surface area contributed by atoms with Crippen LogP contribution in [0.5, 0.6) is 0 Å². The second-order valence-electron chi connectivity index (χ2n) is 4.81. The largest absolute Gasteiger partial charge is 0.480 e. The van der Waals surface area contributed by atoms with E-state index < -0.39 is 17.4 Å². The second kappa shape index (κ2) is 6.95. The van der Waals surface area contributed by atoms with Gasteiger partial charge in [-0.3, -0.25) is 4.79 Å². The Morgan fingerprint density at radius 2 is 1.85 bits per heavy atom. The van der Waals surface area contributed by atoms with Crippen molar-refractivity contribution in [2.75, 3.05) is 0 Å². The van der Waals surface area contributed by atoms with Crippen LogP contribution in [-0.4, -0.2) is 22.5 Å². The number of hydrogen-bond acceptors (Lipinski definition) is 2. The fourth-order valence-electron chi connectivity index (χ4n) is 1.94. The van der Waals surface area contributed by atoms with Crippen LogP contribution in [0.1, 0.15) is 32.3 Å². The average Bonchev–Trinajstić information content (AvgIpc) is 2.34. The van der Waals surface area contributed by atoms with Gasteiger partial charge in [0.25, 0.3) is 0 Å². The van der Waals surface area contributed by atoms with E-state index in [9.17, 15) is 14.7 Å². The highest BCUT2D eigenvalue weighted by molar-refractivity contribution is 6.36. The molecule has 110 valence electrons. The van der Waals surface area contributed by atoms with Crippen molar-refractivity contribution in [1.29, 1.82) is 0 Å². The smallest absolute Gasteiger partial charge is 0.329 e. The van der Waals surface area contributed by atoms with Crippen molar-refractivity contribution < 1.29 is 14.7 Å². The van der Waals surface area contributed by atoms with Crippen molar-refractivity contribution in [2.24, 2.45) is 0 Å². The molecule has 1 aromatic rings. The minimum absolute atomic E-state index is 0.0505. The number of benzene rings is 1. The number of carboxylic acid groups (broad SMARTS) is 1. The number of halogens is 2. The topological polar surface area (TPSA) is 66.4 Å². The molecule has 2 N–H and O–H groups in total. The van der Waals surface area contributed by atoms with Gasteiger partial charge in [-0.25, -0.2) is 4.79 Å². The van der Waals surface area contributed by atoms with Gasteiger partial charge in [0, 0.05) is 10.0 Å². The third-order valence-electron chi connectivity index (χ3n) is 3.04. The van der Waals surface area contributed by atoms with Crippen LogP contribution in [0.4, 0.5) is 0 Å². The normalized spacial score (nSPS) is 13.6. The minimum Gasteiger partial charge on any atom is -0.480 e. The summed E-state index contributed by atoms with van der Waals surface area (Å²) in [6, 6.07) is 4.96. The lowest BCUT2D eigenvalue weighted by Gasteiger charge is -2.26. The van der Waals surface area contributed by atoms with E-state index in [1.54, 1.807) is 18.2 Å². The Hall–Kier alpha value is -1.26. The number of carbonyl (C=O) groups is 2. The van der Waals surface area contributed by atoms with Crippen molar-refractivity contribution in [1.82, 2.24) is 5.32 Å². The Balaban J connectivity index is 2.84. The van der Waals surface area contributed by atoms with Gasteiger partial charge in [0.15, 0.2) is 0 Å². The molecule has 6 heteroatoms. The van der Waals surface area contributed by atoms with Gasteiger partial charge < -0.3 is 10.4 Å². The van der Waals surface area contributed by atoms with Crippen LogP contribution >= 0.6 is 23.2 Å². The molecule has 0 aliphatic rings.